The second-order valence-corrected chi connectivity index (χ2v) is 6.86. The van der Waals surface area contributed by atoms with Crippen molar-refractivity contribution >= 4 is 17.6 Å². The molecule has 0 aromatic carbocycles. The van der Waals surface area contributed by atoms with Crippen molar-refractivity contribution in [3.8, 4) is 0 Å². The molecule has 1 atom stereocenters. The number of amides is 1. The number of nitro groups is 1. The highest BCUT2D eigenvalue weighted by atomic mass is 16.6. The minimum atomic E-state index is -0.521. The van der Waals surface area contributed by atoms with Crippen LogP contribution in [0.5, 0.6) is 0 Å². The maximum Gasteiger partial charge on any atom is 0.410 e. The van der Waals surface area contributed by atoms with E-state index in [2.05, 4.69) is 10.3 Å². The van der Waals surface area contributed by atoms with Gasteiger partial charge in [-0.15, -0.1) is 0 Å². The Labute approximate surface area is 141 Å². The average molecular weight is 336 g/mol. The first-order valence-electron chi connectivity index (χ1n) is 8.10. The van der Waals surface area contributed by atoms with Crippen molar-refractivity contribution in [3.05, 3.63) is 28.4 Å². The summed E-state index contributed by atoms with van der Waals surface area (Å²) in [4.78, 5) is 28.3. The minimum absolute atomic E-state index is 0.0191. The molecule has 2 rings (SSSR count). The van der Waals surface area contributed by atoms with E-state index in [1.54, 1.807) is 11.0 Å². The number of hydrogen-bond donors (Lipinski definition) is 1. The van der Waals surface area contributed by atoms with Gasteiger partial charge in [-0.2, -0.15) is 0 Å². The van der Waals surface area contributed by atoms with Crippen LogP contribution in [0.3, 0.4) is 0 Å². The van der Waals surface area contributed by atoms with Gasteiger partial charge in [0.2, 0.25) is 0 Å². The molecule has 0 spiro atoms. The van der Waals surface area contributed by atoms with E-state index >= 15 is 0 Å². The van der Waals surface area contributed by atoms with Crippen molar-refractivity contribution in [2.75, 3.05) is 18.4 Å². The highest BCUT2D eigenvalue weighted by molar-refractivity contribution is 5.68. The molecule has 1 amide bonds. The van der Waals surface area contributed by atoms with Gasteiger partial charge < -0.3 is 15.0 Å². The van der Waals surface area contributed by atoms with Gasteiger partial charge in [0.25, 0.3) is 5.69 Å². The third-order valence-electron chi connectivity index (χ3n) is 3.73. The summed E-state index contributed by atoms with van der Waals surface area (Å²) < 4.78 is 5.47. The second-order valence-electron chi connectivity index (χ2n) is 6.86. The van der Waals surface area contributed by atoms with Crippen molar-refractivity contribution < 1.29 is 14.5 Å². The number of nitrogens with zero attached hydrogens (tertiary/aromatic N) is 3. The number of piperidine rings is 1. The average Bonchev–Trinajstić information content (AvgIpc) is 2.52. The number of carbonyl (C=O) groups is 1. The molecule has 24 heavy (non-hydrogen) atoms. The molecule has 1 aliphatic rings. The zero-order valence-corrected chi connectivity index (χ0v) is 14.3. The van der Waals surface area contributed by atoms with Crippen LogP contribution in [0.25, 0.3) is 0 Å². The summed E-state index contributed by atoms with van der Waals surface area (Å²) in [6.07, 6.45) is 3.82. The third kappa shape index (κ3) is 5.07. The fraction of sp³-hybridized carbons (Fsp3) is 0.625. The molecular formula is C16H24N4O4. The molecule has 1 aromatic heterocycles. The molecule has 2 heterocycles. The van der Waals surface area contributed by atoms with E-state index in [-0.39, 0.29) is 17.8 Å². The molecule has 0 radical (unpaired) electrons. The lowest BCUT2D eigenvalue weighted by atomic mass is 10.0. The summed E-state index contributed by atoms with van der Waals surface area (Å²) in [6.45, 7) is 6.76. The van der Waals surface area contributed by atoms with E-state index in [9.17, 15) is 14.9 Å². The molecule has 132 valence electrons. The van der Waals surface area contributed by atoms with E-state index in [0.717, 1.165) is 19.3 Å². The molecule has 1 aromatic rings. The van der Waals surface area contributed by atoms with Gasteiger partial charge in [-0.1, -0.05) is 0 Å². The fourth-order valence-electron chi connectivity index (χ4n) is 2.59. The lowest BCUT2D eigenvalue weighted by molar-refractivity contribution is -0.385. The molecule has 0 saturated carbocycles. The van der Waals surface area contributed by atoms with Gasteiger partial charge in [-0.05, 0) is 46.1 Å². The van der Waals surface area contributed by atoms with Crippen LogP contribution < -0.4 is 5.32 Å². The summed E-state index contributed by atoms with van der Waals surface area (Å²) in [5, 5.41) is 13.8. The van der Waals surface area contributed by atoms with E-state index < -0.39 is 10.5 Å². The highest BCUT2D eigenvalue weighted by Crippen LogP contribution is 2.21. The van der Waals surface area contributed by atoms with Crippen molar-refractivity contribution in [1.82, 2.24) is 9.88 Å². The van der Waals surface area contributed by atoms with Crippen LogP contribution >= 0.6 is 0 Å². The number of carbonyl (C=O) groups excluding carboxylic acids is 1. The third-order valence-corrected chi connectivity index (χ3v) is 3.73. The van der Waals surface area contributed by atoms with Crippen LogP contribution in [-0.4, -0.2) is 45.6 Å². The SMILES string of the molecule is CC(C)(C)OC(=O)N1CCCC[C@@H]1CNc1ccc([N+](=O)[O-])cn1. The fourth-order valence-corrected chi connectivity index (χ4v) is 2.59. The maximum atomic E-state index is 12.3. The van der Waals surface area contributed by atoms with Gasteiger partial charge in [0.15, 0.2) is 0 Å². The standard InChI is InChI=1S/C16H24N4O4/c1-16(2,3)24-15(21)19-9-5-4-6-12(19)10-17-14-8-7-13(11-18-14)20(22)23/h7-8,11-12H,4-6,9-10H2,1-3H3,(H,17,18)/t12-/m1/s1. The van der Waals surface area contributed by atoms with Gasteiger partial charge in [-0.3, -0.25) is 10.1 Å². The largest absolute Gasteiger partial charge is 0.444 e. The van der Waals surface area contributed by atoms with Crippen LogP contribution in [0, 0.1) is 10.1 Å². The Morgan fingerprint density at radius 1 is 1.46 bits per heavy atom. The molecule has 1 fully saturated rings. The quantitative estimate of drug-likeness (QED) is 0.670. The summed E-state index contributed by atoms with van der Waals surface area (Å²) >= 11 is 0. The Balaban J connectivity index is 1.95. The molecular weight excluding hydrogens is 312 g/mol. The Bertz CT molecular complexity index is 583. The maximum absolute atomic E-state index is 12.3. The number of rotatable bonds is 4. The van der Waals surface area contributed by atoms with Crippen molar-refractivity contribution in [1.29, 1.82) is 0 Å². The minimum Gasteiger partial charge on any atom is -0.444 e. The molecule has 8 nitrogen and oxygen atoms in total. The van der Waals surface area contributed by atoms with Gasteiger partial charge in [0, 0.05) is 19.2 Å². The lowest BCUT2D eigenvalue weighted by Gasteiger charge is -2.36. The molecule has 1 saturated heterocycles. The van der Waals surface area contributed by atoms with E-state index in [0.29, 0.717) is 18.9 Å². The number of ether oxygens (including phenoxy) is 1. The lowest BCUT2D eigenvalue weighted by Crippen LogP contribution is -2.48. The molecule has 1 aliphatic heterocycles. The molecule has 8 heteroatoms. The predicted molar refractivity (Wildman–Crippen MR) is 90.0 cm³/mol. The van der Waals surface area contributed by atoms with Crippen molar-refractivity contribution in [3.63, 3.8) is 0 Å². The monoisotopic (exact) mass is 336 g/mol. The summed E-state index contributed by atoms with van der Waals surface area (Å²) in [7, 11) is 0. The normalized spacial score (nSPS) is 18.1. The number of aromatic nitrogens is 1. The molecule has 0 bridgehead atoms. The first kappa shape index (κ1) is 18.0. The molecule has 0 aliphatic carbocycles. The van der Waals surface area contributed by atoms with Crippen LogP contribution in [-0.2, 0) is 4.74 Å². The number of hydrogen-bond acceptors (Lipinski definition) is 6. The first-order chi connectivity index (χ1) is 11.3. The number of likely N-dealkylation sites (tertiary alicyclic amines) is 1. The number of nitrogens with one attached hydrogen (secondary N) is 1. The molecule has 1 N–H and O–H groups in total. The van der Waals surface area contributed by atoms with Crippen LogP contribution in [0.1, 0.15) is 40.0 Å². The van der Waals surface area contributed by atoms with E-state index in [1.165, 1.54) is 12.3 Å². The van der Waals surface area contributed by atoms with Gasteiger partial charge in [0.1, 0.15) is 17.6 Å². The number of anilines is 1. The number of pyridine rings is 1. The summed E-state index contributed by atoms with van der Waals surface area (Å²) in [5.74, 6) is 0.551. The highest BCUT2D eigenvalue weighted by Gasteiger charge is 2.30. The van der Waals surface area contributed by atoms with Crippen LogP contribution in [0.15, 0.2) is 18.3 Å². The van der Waals surface area contributed by atoms with E-state index in [1.807, 2.05) is 20.8 Å². The van der Waals surface area contributed by atoms with Gasteiger partial charge in [0.05, 0.1) is 11.0 Å². The Morgan fingerprint density at radius 2 is 2.21 bits per heavy atom. The first-order valence-corrected chi connectivity index (χ1v) is 8.10. The Morgan fingerprint density at radius 3 is 2.79 bits per heavy atom. The predicted octanol–water partition coefficient (Wildman–Crippen LogP) is 3.19. The van der Waals surface area contributed by atoms with Crippen LogP contribution in [0.4, 0.5) is 16.3 Å². The summed E-state index contributed by atoms with van der Waals surface area (Å²) in [6, 6.07) is 2.99. The van der Waals surface area contributed by atoms with Gasteiger partial charge >= 0.3 is 6.09 Å². The summed E-state index contributed by atoms with van der Waals surface area (Å²) in [5.41, 5.74) is -0.569. The Hall–Kier alpha value is -2.38. The van der Waals surface area contributed by atoms with Crippen molar-refractivity contribution in [2.45, 2.75) is 51.7 Å². The smallest absolute Gasteiger partial charge is 0.410 e. The second kappa shape index (κ2) is 7.46. The molecule has 0 unspecified atom stereocenters. The zero-order valence-electron chi connectivity index (χ0n) is 14.3. The topological polar surface area (TPSA) is 97.6 Å². The van der Waals surface area contributed by atoms with Crippen molar-refractivity contribution in [2.24, 2.45) is 0 Å². The van der Waals surface area contributed by atoms with E-state index in [4.69, 9.17) is 4.74 Å². The van der Waals surface area contributed by atoms with Gasteiger partial charge in [-0.25, -0.2) is 9.78 Å². The Kier molecular flexibility index (Phi) is 5.58. The zero-order chi connectivity index (χ0) is 17.7. The van der Waals surface area contributed by atoms with Crippen LogP contribution in [0.2, 0.25) is 0 Å².